The van der Waals surface area contributed by atoms with Crippen LogP contribution in [0.2, 0.25) is 5.02 Å². The summed E-state index contributed by atoms with van der Waals surface area (Å²) in [7, 11) is 0. The van der Waals surface area contributed by atoms with Gasteiger partial charge in [0.15, 0.2) is 0 Å². The van der Waals surface area contributed by atoms with E-state index in [4.69, 9.17) is 11.6 Å². The van der Waals surface area contributed by atoms with Crippen molar-refractivity contribution >= 4 is 17.7 Å². The Hall–Kier alpha value is -1.35. The monoisotopic (exact) mass is 211 g/mol. The SMILES string of the molecule is C/C(=C/c1ccc(Cl)cc1C)[N+](=O)[O-]. The molecule has 0 aliphatic carbocycles. The highest BCUT2D eigenvalue weighted by Crippen LogP contribution is 2.17. The minimum Gasteiger partial charge on any atom is -0.259 e. The normalized spacial score (nSPS) is 11.5. The molecule has 0 N–H and O–H groups in total. The molecule has 0 aliphatic heterocycles. The number of hydrogen-bond donors (Lipinski definition) is 0. The zero-order valence-electron chi connectivity index (χ0n) is 7.95. The second-order valence-electron chi connectivity index (χ2n) is 3.04. The zero-order chi connectivity index (χ0) is 10.7. The molecule has 0 amide bonds. The Labute approximate surface area is 87.2 Å². The highest BCUT2D eigenvalue weighted by Gasteiger charge is 2.03. The largest absolute Gasteiger partial charge is 0.259 e. The van der Waals surface area contributed by atoms with Gasteiger partial charge in [-0.15, -0.1) is 0 Å². The molecule has 74 valence electrons. The maximum atomic E-state index is 10.4. The van der Waals surface area contributed by atoms with Crippen LogP contribution in [0.25, 0.3) is 6.08 Å². The summed E-state index contributed by atoms with van der Waals surface area (Å²) < 4.78 is 0. The van der Waals surface area contributed by atoms with E-state index in [-0.39, 0.29) is 5.70 Å². The summed E-state index contributed by atoms with van der Waals surface area (Å²) >= 11 is 5.76. The maximum absolute atomic E-state index is 10.4. The van der Waals surface area contributed by atoms with Crippen LogP contribution in [-0.2, 0) is 0 Å². The van der Waals surface area contributed by atoms with Crippen molar-refractivity contribution in [2.75, 3.05) is 0 Å². The molecule has 3 nitrogen and oxygen atoms in total. The molecule has 0 fully saturated rings. The fourth-order valence-electron chi connectivity index (χ4n) is 1.08. The van der Waals surface area contributed by atoms with Crippen molar-refractivity contribution < 1.29 is 4.92 Å². The van der Waals surface area contributed by atoms with Crippen molar-refractivity contribution in [1.82, 2.24) is 0 Å². The van der Waals surface area contributed by atoms with Gasteiger partial charge in [-0.3, -0.25) is 10.1 Å². The van der Waals surface area contributed by atoms with Gasteiger partial charge in [0, 0.05) is 18.0 Å². The van der Waals surface area contributed by atoms with E-state index in [0.29, 0.717) is 5.02 Å². The Balaban J connectivity index is 3.09. The smallest absolute Gasteiger partial charge is 0.243 e. The molecule has 0 saturated carbocycles. The van der Waals surface area contributed by atoms with Crippen LogP contribution in [-0.4, -0.2) is 4.92 Å². The molecular weight excluding hydrogens is 202 g/mol. The fraction of sp³-hybridized carbons (Fsp3) is 0.200. The van der Waals surface area contributed by atoms with Gasteiger partial charge in [0.25, 0.3) is 0 Å². The number of nitrogens with zero attached hydrogens (tertiary/aromatic N) is 1. The molecule has 0 bridgehead atoms. The van der Waals surface area contributed by atoms with Crippen LogP contribution in [0.5, 0.6) is 0 Å². The fourth-order valence-corrected chi connectivity index (χ4v) is 1.31. The highest BCUT2D eigenvalue weighted by molar-refractivity contribution is 6.30. The van der Waals surface area contributed by atoms with Gasteiger partial charge in [-0.25, -0.2) is 0 Å². The maximum Gasteiger partial charge on any atom is 0.243 e. The number of aryl methyl sites for hydroxylation is 1. The van der Waals surface area contributed by atoms with E-state index in [9.17, 15) is 10.1 Å². The first-order valence-corrected chi connectivity index (χ1v) is 4.47. The lowest BCUT2D eigenvalue weighted by atomic mass is 10.1. The lowest BCUT2D eigenvalue weighted by molar-refractivity contribution is -0.422. The van der Waals surface area contributed by atoms with E-state index in [1.165, 1.54) is 13.0 Å². The van der Waals surface area contributed by atoms with Gasteiger partial charge in [0.1, 0.15) is 0 Å². The molecule has 0 spiro atoms. The average Bonchev–Trinajstić information content (AvgIpc) is 2.09. The van der Waals surface area contributed by atoms with E-state index in [1.807, 2.05) is 6.92 Å². The van der Waals surface area contributed by atoms with Gasteiger partial charge >= 0.3 is 0 Å². The van der Waals surface area contributed by atoms with Crippen LogP contribution in [0.1, 0.15) is 18.1 Å². The van der Waals surface area contributed by atoms with E-state index >= 15 is 0 Å². The van der Waals surface area contributed by atoms with Crippen LogP contribution >= 0.6 is 11.6 Å². The van der Waals surface area contributed by atoms with Gasteiger partial charge in [0.05, 0.1) is 4.92 Å². The predicted octanol–water partition coefficient (Wildman–Crippen LogP) is 3.29. The molecule has 14 heavy (non-hydrogen) atoms. The molecule has 0 aromatic heterocycles. The van der Waals surface area contributed by atoms with Gasteiger partial charge < -0.3 is 0 Å². The molecule has 0 aliphatic rings. The molecule has 0 atom stereocenters. The summed E-state index contributed by atoms with van der Waals surface area (Å²) in [5, 5.41) is 11.0. The van der Waals surface area contributed by atoms with Crippen molar-refractivity contribution in [3.05, 3.63) is 50.2 Å². The first-order chi connectivity index (χ1) is 6.50. The van der Waals surface area contributed by atoms with Crippen molar-refractivity contribution in [2.45, 2.75) is 13.8 Å². The molecule has 0 saturated heterocycles. The molecule has 0 radical (unpaired) electrons. The van der Waals surface area contributed by atoms with Gasteiger partial charge in [-0.2, -0.15) is 0 Å². The zero-order valence-corrected chi connectivity index (χ0v) is 8.71. The summed E-state index contributed by atoms with van der Waals surface area (Å²) in [4.78, 5) is 9.98. The lowest BCUT2D eigenvalue weighted by Gasteiger charge is -2.00. The third kappa shape index (κ3) is 2.57. The quantitative estimate of drug-likeness (QED) is 0.557. The van der Waals surface area contributed by atoms with Gasteiger partial charge in [-0.1, -0.05) is 17.7 Å². The van der Waals surface area contributed by atoms with Gasteiger partial charge in [0.2, 0.25) is 5.70 Å². The third-order valence-electron chi connectivity index (χ3n) is 1.88. The summed E-state index contributed by atoms with van der Waals surface area (Å²) in [6, 6.07) is 5.26. The summed E-state index contributed by atoms with van der Waals surface area (Å²) in [5.74, 6) is 0. The van der Waals surface area contributed by atoms with E-state index in [1.54, 1.807) is 18.2 Å². The molecule has 0 unspecified atom stereocenters. The Kier molecular flexibility index (Phi) is 3.25. The standard InChI is InChI=1S/C10H10ClNO2/c1-7-5-10(11)4-3-9(7)6-8(2)12(13)14/h3-6H,1-2H3/b8-6-. The van der Waals surface area contributed by atoms with Crippen LogP contribution in [0.3, 0.4) is 0 Å². The molecule has 0 heterocycles. The van der Waals surface area contributed by atoms with Crippen molar-refractivity contribution in [2.24, 2.45) is 0 Å². The number of allylic oxidation sites excluding steroid dienone is 1. The Bertz CT molecular complexity index is 399. The molecular formula is C10H10ClNO2. The first kappa shape index (κ1) is 10.7. The van der Waals surface area contributed by atoms with Crippen LogP contribution in [0.15, 0.2) is 23.9 Å². The number of halogens is 1. The van der Waals surface area contributed by atoms with Crippen molar-refractivity contribution in [1.29, 1.82) is 0 Å². The number of nitro groups is 1. The van der Waals surface area contributed by atoms with E-state index < -0.39 is 4.92 Å². The molecule has 1 aromatic carbocycles. The minimum atomic E-state index is -0.409. The second kappa shape index (κ2) is 4.24. The van der Waals surface area contributed by atoms with Gasteiger partial charge in [-0.05, 0) is 30.2 Å². The van der Waals surface area contributed by atoms with Crippen molar-refractivity contribution in [3.63, 3.8) is 0 Å². The Morgan fingerprint density at radius 3 is 2.71 bits per heavy atom. The first-order valence-electron chi connectivity index (χ1n) is 4.09. The number of benzene rings is 1. The van der Waals surface area contributed by atoms with Crippen LogP contribution in [0, 0.1) is 17.0 Å². The van der Waals surface area contributed by atoms with Crippen LogP contribution in [0.4, 0.5) is 0 Å². The van der Waals surface area contributed by atoms with E-state index in [0.717, 1.165) is 11.1 Å². The molecule has 1 aromatic rings. The van der Waals surface area contributed by atoms with E-state index in [2.05, 4.69) is 0 Å². The average molecular weight is 212 g/mol. The number of hydrogen-bond acceptors (Lipinski definition) is 2. The summed E-state index contributed by atoms with van der Waals surface area (Å²) in [5.41, 5.74) is 1.87. The summed E-state index contributed by atoms with van der Waals surface area (Å²) in [6.07, 6.45) is 1.53. The molecule has 1 rings (SSSR count). The Morgan fingerprint density at radius 2 is 2.21 bits per heavy atom. The van der Waals surface area contributed by atoms with Crippen molar-refractivity contribution in [3.8, 4) is 0 Å². The third-order valence-corrected chi connectivity index (χ3v) is 2.12. The topological polar surface area (TPSA) is 43.1 Å². The summed E-state index contributed by atoms with van der Waals surface area (Å²) in [6.45, 7) is 3.33. The number of rotatable bonds is 2. The van der Waals surface area contributed by atoms with Crippen LogP contribution < -0.4 is 0 Å². The molecule has 4 heteroatoms. The lowest BCUT2D eigenvalue weighted by Crippen LogP contribution is -1.93. The minimum absolute atomic E-state index is 0.121. The predicted molar refractivity (Wildman–Crippen MR) is 56.8 cm³/mol. The Morgan fingerprint density at radius 1 is 1.57 bits per heavy atom. The highest BCUT2D eigenvalue weighted by atomic mass is 35.5. The second-order valence-corrected chi connectivity index (χ2v) is 3.48.